The van der Waals surface area contributed by atoms with Gasteiger partial charge in [0.05, 0.1) is 12.6 Å². The van der Waals surface area contributed by atoms with Gasteiger partial charge in [0.1, 0.15) is 11.8 Å². The minimum Gasteiger partial charge on any atom is -0.286 e. The van der Waals surface area contributed by atoms with E-state index < -0.39 is 0 Å². The van der Waals surface area contributed by atoms with Crippen LogP contribution in [-0.4, -0.2) is 23.0 Å². The van der Waals surface area contributed by atoms with Gasteiger partial charge in [-0.3, -0.25) is 4.90 Å². The van der Waals surface area contributed by atoms with Crippen LogP contribution in [0.1, 0.15) is 24.6 Å². The number of aromatic nitrogens is 1. The summed E-state index contributed by atoms with van der Waals surface area (Å²) < 4.78 is 0. The third-order valence-electron chi connectivity index (χ3n) is 2.18. The maximum atomic E-state index is 8.72. The second-order valence-electron chi connectivity index (χ2n) is 3.53. The molecule has 1 rings (SSSR count). The SMILES string of the molecule is CCCN(CC#N)Cc1ccnc(C#N)c1. The van der Waals surface area contributed by atoms with E-state index in [4.69, 9.17) is 10.5 Å². The maximum Gasteiger partial charge on any atom is 0.140 e. The van der Waals surface area contributed by atoms with Crippen LogP contribution in [0, 0.1) is 22.7 Å². The Kier molecular flexibility index (Phi) is 4.98. The molecule has 4 heteroatoms. The molecule has 0 N–H and O–H groups in total. The molecule has 0 aliphatic heterocycles. The van der Waals surface area contributed by atoms with Crippen LogP contribution in [0.3, 0.4) is 0 Å². The number of hydrogen-bond donors (Lipinski definition) is 0. The summed E-state index contributed by atoms with van der Waals surface area (Å²) in [5.74, 6) is 0. The van der Waals surface area contributed by atoms with E-state index in [9.17, 15) is 0 Å². The van der Waals surface area contributed by atoms with Crippen molar-refractivity contribution in [3.63, 3.8) is 0 Å². The quantitative estimate of drug-likeness (QED) is 0.700. The molecule has 1 heterocycles. The summed E-state index contributed by atoms with van der Waals surface area (Å²) in [6.45, 7) is 4.08. The summed E-state index contributed by atoms with van der Waals surface area (Å²) in [6.07, 6.45) is 2.64. The average molecular weight is 214 g/mol. The van der Waals surface area contributed by atoms with Gasteiger partial charge in [0.25, 0.3) is 0 Å². The highest BCUT2D eigenvalue weighted by molar-refractivity contribution is 5.25. The van der Waals surface area contributed by atoms with Gasteiger partial charge in [-0.2, -0.15) is 10.5 Å². The van der Waals surface area contributed by atoms with Gasteiger partial charge in [-0.05, 0) is 30.7 Å². The van der Waals surface area contributed by atoms with Gasteiger partial charge in [0, 0.05) is 12.7 Å². The van der Waals surface area contributed by atoms with Crippen LogP contribution in [0.4, 0.5) is 0 Å². The van der Waals surface area contributed by atoms with E-state index in [2.05, 4.69) is 22.9 Å². The van der Waals surface area contributed by atoms with Gasteiger partial charge < -0.3 is 0 Å². The number of rotatable bonds is 5. The molecule has 0 aliphatic rings. The lowest BCUT2D eigenvalue weighted by Gasteiger charge is -2.17. The van der Waals surface area contributed by atoms with Crippen molar-refractivity contribution in [3.05, 3.63) is 29.6 Å². The Balaban J connectivity index is 2.70. The zero-order valence-electron chi connectivity index (χ0n) is 9.35. The Bertz CT molecular complexity index is 414. The van der Waals surface area contributed by atoms with Crippen LogP contribution < -0.4 is 0 Å². The summed E-state index contributed by atoms with van der Waals surface area (Å²) in [4.78, 5) is 5.96. The molecule has 0 saturated heterocycles. The summed E-state index contributed by atoms with van der Waals surface area (Å²) in [6, 6.07) is 7.80. The number of nitriles is 2. The van der Waals surface area contributed by atoms with E-state index in [0.29, 0.717) is 18.8 Å². The van der Waals surface area contributed by atoms with Gasteiger partial charge in [-0.15, -0.1) is 0 Å². The lowest BCUT2D eigenvalue weighted by atomic mass is 10.2. The van der Waals surface area contributed by atoms with Crippen molar-refractivity contribution in [2.45, 2.75) is 19.9 Å². The number of hydrogen-bond acceptors (Lipinski definition) is 4. The Morgan fingerprint density at radius 3 is 2.88 bits per heavy atom. The molecular formula is C12H14N4. The molecular weight excluding hydrogens is 200 g/mol. The van der Waals surface area contributed by atoms with Crippen molar-refractivity contribution in [1.82, 2.24) is 9.88 Å². The average Bonchev–Trinajstić information content (AvgIpc) is 2.30. The second-order valence-corrected chi connectivity index (χ2v) is 3.53. The topological polar surface area (TPSA) is 63.7 Å². The first-order valence-electron chi connectivity index (χ1n) is 5.24. The van der Waals surface area contributed by atoms with Crippen molar-refractivity contribution in [3.8, 4) is 12.1 Å². The lowest BCUT2D eigenvalue weighted by Crippen LogP contribution is -2.24. The lowest BCUT2D eigenvalue weighted by molar-refractivity contribution is 0.298. The Morgan fingerprint density at radius 2 is 2.25 bits per heavy atom. The van der Waals surface area contributed by atoms with Crippen molar-refractivity contribution >= 4 is 0 Å². The zero-order valence-corrected chi connectivity index (χ0v) is 9.35. The first kappa shape index (κ1) is 12.2. The Labute approximate surface area is 95.8 Å². The molecule has 0 amide bonds. The fourth-order valence-electron chi connectivity index (χ4n) is 1.52. The molecule has 1 aromatic rings. The molecule has 0 aromatic carbocycles. The highest BCUT2D eigenvalue weighted by atomic mass is 15.1. The molecule has 1 aromatic heterocycles. The first-order chi connectivity index (χ1) is 7.80. The van der Waals surface area contributed by atoms with Crippen LogP contribution >= 0.6 is 0 Å². The molecule has 16 heavy (non-hydrogen) atoms. The molecule has 0 aliphatic carbocycles. The van der Waals surface area contributed by atoms with E-state index in [-0.39, 0.29) is 0 Å². The molecule has 0 radical (unpaired) electrons. The van der Waals surface area contributed by atoms with Gasteiger partial charge in [0.2, 0.25) is 0 Å². The smallest absolute Gasteiger partial charge is 0.140 e. The number of pyridine rings is 1. The van der Waals surface area contributed by atoms with Crippen molar-refractivity contribution in [1.29, 1.82) is 10.5 Å². The molecule has 82 valence electrons. The van der Waals surface area contributed by atoms with Gasteiger partial charge in [-0.1, -0.05) is 6.92 Å². The first-order valence-corrected chi connectivity index (χ1v) is 5.24. The minimum absolute atomic E-state index is 0.415. The molecule has 4 nitrogen and oxygen atoms in total. The van der Waals surface area contributed by atoms with E-state index in [1.807, 2.05) is 12.1 Å². The normalized spacial score (nSPS) is 9.75. The standard InChI is InChI=1S/C12H14N4/c1-2-6-16(7-4-13)10-11-3-5-15-12(8-11)9-14/h3,5,8H,2,6-7,10H2,1H3. The Hall–Kier alpha value is -1.91. The molecule has 0 spiro atoms. The Morgan fingerprint density at radius 1 is 1.44 bits per heavy atom. The van der Waals surface area contributed by atoms with E-state index in [0.717, 1.165) is 18.5 Å². The van der Waals surface area contributed by atoms with Crippen molar-refractivity contribution in [2.24, 2.45) is 0 Å². The van der Waals surface area contributed by atoms with Crippen LogP contribution in [0.2, 0.25) is 0 Å². The summed E-state index contributed by atoms with van der Waals surface area (Å²) in [5.41, 5.74) is 1.45. The molecule has 0 saturated carbocycles. The molecule has 0 fully saturated rings. The third-order valence-corrected chi connectivity index (χ3v) is 2.18. The summed E-state index contributed by atoms with van der Waals surface area (Å²) in [5, 5.41) is 17.4. The monoisotopic (exact) mass is 214 g/mol. The summed E-state index contributed by atoms with van der Waals surface area (Å²) >= 11 is 0. The van der Waals surface area contributed by atoms with E-state index in [1.165, 1.54) is 0 Å². The van der Waals surface area contributed by atoms with Gasteiger partial charge in [0.15, 0.2) is 0 Å². The maximum absolute atomic E-state index is 8.72. The van der Waals surface area contributed by atoms with Crippen LogP contribution in [-0.2, 0) is 6.54 Å². The van der Waals surface area contributed by atoms with E-state index in [1.54, 1.807) is 12.3 Å². The molecule has 0 unspecified atom stereocenters. The van der Waals surface area contributed by atoms with Crippen LogP contribution in [0.15, 0.2) is 18.3 Å². The number of nitrogens with zero attached hydrogens (tertiary/aromatic N) is 4. The van der Waals surface area contributed by atoms with Gasteiger partial charge >= 0.3 is 0 Å². The molecule has 0 atom stereocenters. The van der Waals surface area contributed by atoms with Crippen molar-refractivity contribution < 1.29 is 0 Å². The summed E-state index contributed by atoms with van der Waals surface area (Å²) in [7, 11) is 0. The minimum atomic E-state index is 0.415. The third kappa shape index (κ3) is 3.68. The predicted molar refractivity (Wildman–Crippen MR) is 60.1 cm³/mol. The predicted octanol–water partition coefficient (Wildman–Crippen LogP) is 1.69. The highest BCUT2D eigenvalue weighted by Gasteiger charge is 2.05. The fraction of sp³-hybridized carbons (Fsp3) is 0.417. The van der Waals surface area contributed by atoms with Gasteiger partial charge in [-0.25, -0.2) is 4.98 Å². The van der Waals surface area contributed by atoms with Crippen LogP contribution in [0.5, 0.6) is 0 Å². The second kappa shape index (κ2) is 6.55. The zero-order chi connectivity index (χ0) is 11.8. The van der Waals surface area contributed by atoms with E-state index >= 15 is 0 Å². The highest BCUT2D eigenvalue weighted by Crippen LogP contribution is 2.05. The van der Waals surface area contributed by atoms with Crippen LogP contribution in [0.25, 0.3) is 0 Å². The fourth-order valence-corrected chi connectivity index (χ4v) is 1.52. The van der Waals surface area contributed by atoms with Crippen molar-refractivity contribution in [2.75, 3.05) is 13.1 Å². The largest absolute Gasteiger partial charge is 0.286 e. The molecule has 0 bridgehead atoms.